The Morgan fingerprint density at radius 2 is 2.29 bits per heavy atom. The molecule has 0 saturated carbocycles. The monoisotopic (exact) mass is 358 g/mol. The molecule has 2 heterocycles. The Balaban J connectivity index is 1.75. The van der Waals surface area contributed by atoms with Crippen LogP contribution < -0.4 is 11.1 Å². The van der Waals surface area contributed by atoms with E-state index in [1.165, 1.54) is 17.1 Å². The summed E-state index contributed by atoms with van der Waals surface area (Å²) in [4.78, 5) is 12.9. The third kappa shape index (κ3) is 3.28. The number of thioether (sulfide) groups is 2. The van der Waals surface area contributed by atoms with Crippen LogP contribution in [-0.4, -0.2) is 35.0 Å². The number of hydrogen-bond acceptors (Lipinski definition) is 5. The summed E-state index contributed by atoms with van der Waals surface area (Å²) in [6.45, 7) is 0.692. The summed E-state index contributed by atoms with van der Waals surface area (Å²) in [7, 11) is 0. The summed E-state index contributed by atoms with van der Waals surface area (Å²) in [5.74, 6) is 3.36. The molecule has 1 amide bonds. The molecule has 1 aromatic carbocycles. The van der Waals surface area contributed by atoms with E-state index < -0.39 is 0 Å². The number of nitrogens with two attached hydrogens (primary N) is 1. The maximum absolute atomic E-state index is 12.3. The molecule has 1 unspecified atom stereocenters. The molecule has 1 fully saturated rings. The molecule has 3 rings (SSSR count). The second-order valence-electron chi connectivity index (χ2n) is 4.74. The Labute approximate surface area is 141 Å². The first-order valence-corrected chi connectivity index (χ1v) is 10.0. The zero-order valence-corrected chi connectivity index (χ0v) is 14.4. The number of anilines is 1. The summed E-state index contributed by atoms with van der Waals surface area (Å²) >= 11 is 11.4. The molecule has 1 saturated heterocycles. The molecule has 0 bridgehead atoms. The minimum Gasteiger partial charge on any atom is -0.397 e. The fraction of sp³-hybridized carbons (Fsp3) is 0.357. The lowest BCUT2D eigenvalue weighted by atomic mass is 10.2. The topological polar surface area (TPSA) is 55.1 Å². The van der Waals surface area contributed by atoms with Gasteiger partial charge in [0.05, 0.1) is 10.7 Å². The van der Waals surface area contributed by atoms with Crippen molar-refractivity contribution in [2.75, 3.05) is 29.5 Å². The van der Waals surface area contributed by atoms with Gasteiger partial charge in [-0.1, -0.05) is 17.7 Å². The van der Waals surface area contributed by atoms with E-state index in [1.807, 2.05) is 35.7 Å². The van der Waals surface area contributed by atoms with E-state index in [4.69, 9.17) is 17.3 Å². The molecule has 2 aromatic rings. The Bertz CT molecular complexity index is 668. The summed E-state index contributed by atoms with van der Waals surface area (Å²) in [5, 5.41) is 4.88. The minimum absolute atomic E-state index is 0.0964. The third-order valence-corrected chi connectivity index (χ3v) is 7.61. The van der Waals surface area contributed by atoms with Gasteiger partial charge in [0, 0.05) is 39.1 Å². The first-order chi connectivity index (χ1) is 10.2. The van der Waals surface area contributed by atoms with Crippen LogP contribution in [-0.2, 0) is 0 Å². The van der Waals surface area contributed by atoms with E-state index in [-0.39, 0.29) is 5.91 Å². The normalized spacial score (nSPS) is 18.8. The number of thiophene rings is 1. The van der Waals surface area contributed by atoms with Gasteiger partial charge in [-0.15, -0.1) is 11.3 Å². The van der Waals surface area contributed by atoms with Crippen molar-refractivity contribution >= 4 is 68.1 Å². The highest BCUT2D eigenvalue weighted by Gasteiger charge is 2.20. The number of halogens is 1. The molecule has 0 spiro atoms. The molecule has 1 atom stereocenters. The zero-order chi connectivity index (χ0) is 14.8. The summed E-state index contributed by atoms with van der Waals surface area (Å²) in [5.41, 5.74) is 6.59. The van der Waals surface area contributed by atoms with Crippen LogP contribution in [0.1, 0.15) is 9.67 Å². The number of hydrogen-bond donors (Lipinski definition) is 2. The van der Waals surface area contributed by atoms with Gasteiger partial charge < -0.3 is 11.1 Å². The Morgan fingerprint density at radius 1 is 1.43 bits per heavy atom. The van der Waals surface area contributed by atoms with E-state index in [0.717, 1.165) is 21.6 Å². The highest BCUT2D eigenvalue weighted by atomic mass is 35.5. The van der Waals surface area contributed by atoms with Crippen LogP contribution in [0, 0.1) is 0 Å². The van der Waals surface area contributed by atoms with Crippen molar-refractivity contribution in [2.45, 2.75) is 5.25 Å². The van der Waals surface area contributed by atoms with Crippen LogP contribution in [0.3, 0.4) is 0 Å². The first kappa shape index (κ1) is 15.3. The van der Waals surface area contributed by atoms with Crippen molar-refractivity contribution in [3.05, 3.63) is 28.1 Å². The molecule has 3 nitrogen and oxygen atoms in total. The van der Waals surface area contributed by atoms with Gasteiger partial charge in [-0.3, -0.25) is 4.79 Å². The van der Waals surface area contributed by atoms with E-state index in [0.29, 0.717) is 27.4 Å². The van der Waals surface area contributed by atoms with E-state index in [1.54, 1.807) is 6.07 Å². The summed E-state index contributed by atoms with van der Waals surface area (Å²) in [6, 6.07) is 5.61. The number of carbonyl (C=O) groups excluding carboxylic acids is 1. The van der Waals surface area contributed by atoms with Gasteiger partial charge >= 0.3 is 0 Å². The van der Waals surface area contributed by atoms with Crippen molar-refractivity contribution in [3.63, 3.8) is 0 Å². The van der Waals surface area contributed by atoms with E-state index in [2.05, 4.69) is 5.32 Å². The summed E-state index contributed by atoms with van der Waals surface area (Å²) in [6.07, 6.45) is 0. The van der Waals surface area contributed by atoms with Crippen LogP contribution in [0.4, 0.5) is 5.69 Å². The molecule has 3 N–H and O–H groups in total. The first-order valence-electron chi connectivity index (χ1n) is 6.61. The third-order valence-electron chi connectivity index (χ3n) is 3.28. The largest absolute Gasteiger partial charge is 0.397 e. The molecule has 7 heteroatoms. The zero-order valence-electron chi connectivity index (χ0n) is 11.2. The van der Waals surface area contributed by atoms with Crippen LogP contribution in [0.25, 0.3) is 10.1 Å². The van der Waals surface area contributed by atoms with Crippen molar-refractivity contribution in [3.8, 4) is 0 Å². The van der Waals surface area contributed by atoms with Crippen LogP contribution >= 0.6 is 46.5 Å². The highest BCUT2D eigenvalue weighted by molar-refractivity contribution is 8.06. The number of rotatable bonds is 3. The molecule has 1 aromatic heterocycles. The lowest BCUT2D eigenvalue weighted by Crippen LogP contribution is -2.33. The maximum Gasteiger partial charge on any atom is 0.263 e. The second kappa shape index (κ2) is 6.69. The van der Waals surface area contributed by atoms with E-state index >= 15 is 0 Å². The van der Waals surface area contributed by atoms with Gasteiger partial charge in [0.2, 0.25) is 0 Å². The second-order valence-corrected chi connectivity index (χ2v) is 8.75. The van der Waals surface area contributed by atoms with Crippen molar-refractivity contribution in [2.24, 2.45) is 0 Å². The number of benzene rings is 1. The molecule has 1 aliphatic rings. The number of nitrogen functional groups attached to an aromatic ring is 1. The van der Waals surface area contributed by atoms with Gasteiger partial charge in [-0.2, -0.15) is 23.5 Å². The Hall–Kier alpha value is -0.560. The highest BCUT2D eigenvalue weighted by Crippen LogP contribution is 2.37. The smallest absolute Gasteiger partial charge is 0.263 e. The lowest BCUT2D eigenvalue weighted by Gasteiger charge is -2.20. The molecule has 1 aliphatic heterocycles. The average Bonchev–Trinajstić information content (AvgIpc) is 2.84. The van der Waals surface area contributed by atoms with Gasteiger partial charge in [0.1, 0.15) is 4.88 Å². The van der Waals surface area contributed by atoms with Gasteiger partial charge in [-0.25, -0.2) is 0 Å². The molecule has 112 valence electrons. The number of carbonyl (C=O) groups is 1. The number of amides is 1. The quantitative estimate of drug-likeness (QED) is 0.878. The lowest BCUT2D eigenvalue weighted by molar-refractivity contribution is 0.0959. The van der Waals surface area contributed by atoms with Gasteiger partial charge in [0.15, 0.2) is 0 Å². The molecular weight excluding hydrogens is 344 g/mol. The van der Waals surface area contributed by atoms with Crippen LogP contribution in [0.15, 0.2) is 18.2 Å². The van der Waals surface area contributed by atoms with Crippen molar-refractivity contribution in [1.82, 2.24) is 5.32 Å². The Kier molecular flexibility index (Phi) is 4.88. The standard InChI is InChI=1S/C14H15ClN2OS3/c15-9-2-1-3-10-11(9)12(16)13(21-10)14(18)17-6-8-7-19-4-5-20-8/h1-3,8H,4-7,16H2,(H,17,18). The van der Waals surface area contributed by atoms with E-state index in [9.17, 15) is 4.79 Å². The fourth-order valence-electron chi connectivity index (χ4n) is 2.24. The van der Waals surface area contributed by atoms with Crippen molar-refractivity contribution < 1.29 is 4.79 Å². The average molecular weight is 359 g/mol. The molecular formula is C14H15ClN2OS3. The fourth-order valence-corrected chi connectivity index (χ4v) is 6.25. The molecule has 21 heavy (non-hydrogen) atoms. The van der Waals surface area contributed by atoms with Crippen molar-refractivity contribution in [1.29, 1.82) is 0 Å². The maximum atomic E-state index is 12.3. The minimum atomic E-state index is -0.0964. The SMILES string of the molecule is Nc1c(C(=O)NCC2CSCCS2)sc2cccc(Cl)c12. The van der Waals surface area contributed by atoms with Gasteiger partial charge in [0.25, 0.3) is 5.91 Å². The molecule has 0 radical (unpaired) electrons. The van der Waals surface area contributed by atoms with Gasteiger partial charge in [-0.05, 0) is 12.1 Å². The molecule has 0 aliphatic carbocycles. The summed E-state index contributed by atoms with van der Waals surface area (Å²) < 4.78 is 0.952. The number of fused-ring (bicyclic) bond motifs is 1. The predicted molar refractivity (Wildman–Crippen MR) is 97.2 cm³/mol. The predicted octanol–water partition coefficient (Wildman–Crippen LogP) is 3.72. The van der Waals surface area contributed by atoms with Crippen LogP contribution in [0.5, 0.6) is 0 Å². The Morgan fingerprint density at radius 3 is 3.00 bits per heavy atom. The number of nitrogens with one attached hydrogen (secondary N) is 1. The van der Waals surface area contributed by atoms with Crippen LogP contribution in [0.2, 0.25) is 5.02 Å².